The molecule has 0 unspecified atom stereocenters. The number of aliphatic hydroxyl groups is 1. The first kappa shape index (κ1) is 21.4. The molecule has 156 valence electrons. The van der Waals surface area contributed by atoms with Gasteiger partial charge in [-0.15, -0.1) is 0 Å². The van der Waals surface area contributed by atoms with E-state index in [0.717, 1.165) is 6.08 Å². The van der Waals surface area contributed by atoms with E-state index in [1.807, 2.05) is 0 Å². The van der Waals surface area contributed by atoms with Gasteiger partial charge in [-0.25, -0.2) is 9.18 Å². The largest absolute Gasteiger partial charge is 0.507 e. The van der Waals surface area contributed by atoms with E-state index in [9.17, 15) is 19.1 Å². The smallest absolute Gasteiger partial charge is 0.379 e. The fraction of sp³-hybridized carbons (Fsp3) is 0.182. The highest BCUT2D eigenvalue weighted by atomic mass is 35.5. The van der Waals surface area contributed by atoms with Gasteiger partial charge in [0.2, 0.25) is 0 Å². The number of methoxy groups -OCH3 is 1. The minimum absolute atomic E-state index is 0.0464. The molecule has 0 atom stereocenters. The van der Waals surface area contributed by atoms with Gasteiger partial charge in [-0.05, 0) is 36.8 Å². The minimum Gasteiger partial charge on any atom is -0.507 e. The van der Waals surface area contributed by atoms with E-state index in [2.05, 4.69) is 4.74 Å². The molecule has 30 heavy (non-hydrogen) atoms. The summed E-state index contributed by atoms with van der Waals surface area (Å²) < 4.78 is 25.2. The average Bonchev–Trinajstić information content (AvgIpc) is 3.09. The second kappa shape index (κ2) is 9.00. The summed E-state index contributed by atoms with van der Waals surface area (Å²) in [6.07, 6.45) is 2.42. The molecule has 0 saturated heterocycles. The molecule has 3 aromatic rings. The summed E-state index contributed by atoms with van der Waals surface area (Å²) in [5.74, 6) is -2.42. The Hall–Kier alpha value is -3.32. The van der Waals surface area contributed by atoms with Gasteiger partial charge in [-0.1, -0.05) is 23.7 Å². The summed E-state index contributed by atoms with van der Waals surface area (Å²) in [5, 5.41) is 11.4. The van der Waals surface area contributed by atoms with Gasteiger partial charge in [-0.3, -0.25) is 4.79 Å². The molecule has 1 N–H and O–H groups in total. The van der Waals surface area contributed by atoms with Crippen LogP contribution in [0.1, 0.15) is 18.1 Å². The third-order valence-corrected chi connectivity index (χ3v) is 4.82. The van der Waals surface area contributed by atoms with E-state index >= 15 is 0 Å². The average molecular weight is 432 g/mol. The van der Waals surface area contributed by atoms with E-state index in [0.29, 0.717) is 27.8 Å². The summed E-state index contributed by atoms with van der Waals surface area (Å²) >= 11 is 6.16. The Morgan fingerprint density at radius 1 is 1.27 bits per heavy atom. The van der Waals surface area contributed by atoms with Crippen molar-refractivity contribution in [3.63, 3.8) is 0 Å². The van der Waals surface area contributed by atoms with Crippen molar-refractivity contribution in [2.75, 3.05) is 13.7 Å². The van der Waals surface area contributed by atoms with Crippen LogP contribution in [0.5, 0.6) is 5.75 Å². The predicted molar refractivity (Wildman–Crippen MR) is 111 cm³/mol. The number of ketones is 1. The zero-order valence-corrected chi connectivity index (χ0v) is 17.1. The molecule has 1 heterocycles. The first-order valence-corrected chi connectivity index (χ1v) is 9.45. The van der Waals surface area contributed by atoms with E-state index < -0.39 is 23.3 Å². The number of hydrogen-bond acceptors (Lipinski definition) is 5. The number of benzene rings is 2. The maximum atomic E-state index is 13.4. The standard InChI is InChI=1S/C22H19ClFNO5/c1-3-30-22(28)19(27)10-18(26)15-12-25(11-13-7-8-14(24)9-16(13)23)17-5-4-6-20(29-2)21(15)17/h4-10,12,26H,3,11H2,1-2H3/b18-10-. The third kappa shape index (κ3) is 4.31. The van der Waals surface area contributed by atoms with Crippen molar-refractivity contribution in [2.24, 2.45) is 0 Å². The summed E-state index contributed by atoms with van der Waals surface area (Å²) in [5.41, 5.74) is 1.64. The normalized spacial score (nSPS) is 11.5. The first-order valence-electron chi connectivity index (χ1n) is 9.07. The Morgan fingerprint density at radius 2 is 2.03 bits per heavy atom. The van der Waals surface area contributed by atoms with Gasteiger partial charge in [-0.2, -0.15) is 0 Å². The summed E-state index contributed by atoms with van der Waals surface area (Å²) in [7, 11) is 1.48. The van der Waals surface area contributed by atoms with Crippen molar-refractivity contribution >= 4 is 40.0 Å². The molecule has 0 spiro atoms. The summed E-state index contributed by atoms with van der Waals surface area (Å²) in [6.45, 7) is 1.90. The lowest BCUT2D eigenvalue weighted by Gasteiger charge is -2.08. The van der Waals surface area contributed by atoms with E-state index in [1.54, 1.807) is 42.0 Å². The molecule has 0 aliphatic heterocycles. The molecule has 8 heteroatoms. The highest BCUT2D eigenvalue weighted by Gasteiger charge is 2.20. The highest BCUT2D eigenvalue weighted by Crippen LogP contribution is 2.34. The van der Waals surface area contributed by atoms with Crippen LogP contribution in [0.4, 0.5) is 4.39 Å². The van der Waals surface area contributed by atoms with E-state index in [4.69, 9.17) is 16.3 Å². The number of carbonyl (C=O) groups excluding carboxylic acids is 2. The van der Waals surface area contributed by atoms with Gasteiger partial charge < -0.3 is 19.1 Å². The maximum Gasteiger partial charge on any atom is 0.379 e. The number of aliphatic hydroxyl groups excluding tert-OH is 1. The lowest BCUT2D eigenvalue weighted by Crippen LogP contribution is -2.15. The van der Waals surface area contributed by atoms with Crippen LogP contribution >= 0.6 is 11.6 Å². The molecule has 0 fully saturated rings. The number of nitrogens with zero attached hydrogens (tertiary/aromatic N) is 1. The number of rotatable bonds is 7. The van der Waals surface area contributed by atoms with Crippen LogP contribution in [0.2, 0.25) is 5.02 Å². The fourth-order valence-corrected chi connectivity index (χ4v) is 3.34. The van der Waals surface area contributed by atoms with Crippen LogP contribution in [0, 0.1) is 5.82 Å². The zero-order chi connectivity index (χ0) is 21.8. The zero-order valence-electron chi connectivity index (χ0n) is 16.3. The van der Waals surface area contributed by atoms with Crippen molar-refractivity contribution in [3.05, 3.63) is 70.6 Å². The summed E-state index contributed by atoms with van der Waals surface area (Å²) in [4.78, 5) is 23.6. The second-order valence-electron chi connectivity index (χ2n) is 6.38. The molecular weight excluding hydrogens is 413 g/mol. The number of ether oxygens (including phenoxy) is 2. The van der Waals surface area contributed by atoms with Crippen LogP contribution in [0.25, 0.3) is 16.7 Å². The molecule has 0 bridgehead atoms. The molecule has 1 aromatic heterocycles. The maximum absolute atomic E-state index is 13.4. The van der Waals surface area contributed by atoms with Crippen molar-refractivity contribution in [2.45, 2.75) is 13.5 Å². The third-order valence-electron chi connectivity index (χ3n) is 4.46. The SMILES string of the molecule is CCOC(=O)C(=O)/C=C(\O)c1cn(Cc2ccc(F)cc2Cl)c2cccc(OC)c12. The second-order valence-corrected chi connectivity index (χ2v) is 6.78. The molecule has 2 aromatic carbocycles. The molecular formula is C22H19ClFNO5. The van der Waals surface area contributed by atoms with Gasteiger partial charge in [0.1, 0.15) is 17.3 Å². The number of esters is 1. The molecule has 0 radical (unpaired) electrons. The van der Waals surface area contributed by atoms with Crippen LogP contribution < -0.4 is 4.74 Å². The van der Waals surface area contributed by atoms with Gasteiger partial charge in [0.25, 0.3) is 5.78 Å². The van der Waals surface area contributed by atoms with Gasteiger partial charge in [0.05, 0.1) is 24.6 Å². The van der Waals surface area contributed by atoms with E-state index in [1.165, 1.54) is 19.2 Å². The lowest BCUT2D eigenvalue weighted by atomic mass is 10.1. The first-order chi connectivity index (χ1) is 14.3. The molecule has 3 rings (SSSR count). The molecule has 6 nitrogen and oxygen atoms in total. The molecule has 0 saturated carbocycles. The predicted octanol–water partition coefficient (Wildman–Crippen LogP) is 4.52. The lowest BCUT2D eigenvalue weighted by molar-refractivity contribution is -0.151. The Balaban J connectivity index is 2.10. The van der Waals surface area contributed by atoms with Crippen LogP contribution in [-0.2, 0) is 20.9 Å². The van der Waals surface area contributed by atoms with Crippen LogP contribution in [0.15, 0.2) is 48.7 Å². The van der Waals surface area contributed by atoms with Crippen molar-refractivity contribution in [1.82, 2.24) is 4.57 Å². The minimum atomic E-state index is -1.06. The number of fused-ring (bicyclic) bond motifs is 1. The van der Waals surface area contributed by atoms with Gasteiger partial charge in [0.15, 0.2) is 0 Å². The monoisotopic (exact) mass is 431 g/mol. The van der Waals surface area contributed by atoms with Gasteiger partial charge in [0, 0.05) is 29.4 Å². The Morgan fingerprint density at radius 3 is 2.70 bits per heavy atom. The Bertz CT molecular complexity index is 1150. The van der Waals surface area contributed by atoms with Crippen molar-refractivity contribution < 1.29 is 28.6 Å². The number of halogens is 2. The fourth-order valence-electron chi connectivity index (χ4n) is 3.11. The van der Waals surface area contributed by atoms with E-state index in [-0.39, 0.29) is 18.2 Å². The van der Waals surface area contributed by atoms with Crippen LogP contribution in [-0.4, -0.2) is 35.1 Å². The Labute approximate surface area is 177 Å². The Kier molecular flexibility index (Phi) is 6.42. The molecule has 0 aliphatic carbocycles. The van der Waals surface area contributed by atoms with Gasteiger partial charge >= 0.3 is 5.97 Å². The number of aromatic nitrogens is 1. The highest BCUT2D eigenvalue weighted by molar-refractivity contribution is 6.39. The number of carbonyl (C=O) groups is 2. The molecule has 0 aliphatic rings. The van der Waals surface area contributed by atoms with Crippen molar-refractivity contribution in [1.29, 1.82) is 0 Å². The van der Waals surface area contributed by atoms with Crippen LogP contribution in [0.3, 0.4) is 0 Å². The van der Waals surface area contributed by atoms with Crippen molar-refractivity contribution in [3.8, 4) is 5.75 Å². The topological polar surface area (TPSA) is 77.8 Å². The number of hydrogen-bond donors (Lipinski definition) is 1. The summed E-state index contributed by atoms with van der Waals surface area (Å²) in [6, 6.07) is 9.39. The quantitative estimate of drug-likeness (QED) is 0.257. The molecule has 0 amide bonds.